The second kappa shape index (κ2) is 5.74. The summed E-state index contributed by atoms with van der Waals surface area (Å²) in [5.74, 6) is 1.46. The van der Waals surface area contributed by atoms with Gasteiger partial charge >= 0.3 is 0 Å². The van der Waals surface area contributed by atoms with Crippen molar-refractivity contribution in [1.29, 1.82) is 0 Å². The van der Waals surface area contributed by atoms with Gasteiger partial charge in [0.2, 0.25) is 0 Å². The smallest absolute Gasteiger partial charge is 0.125 e. The highest BCUT2D eigenvalue weighted by Gasteiger charge is 2.41. The van der Waals surface area contributed by atoms with Crippen LogP contribution in [0.1, 0.15) is 66.9 Å². The van der Waals surface area contributed by atoms with Gasteiger partial charge in [-0.1, -0.05) is 13.3 Å². The second-order valence-corrected chi connectivity index (χ2v) is 7.62. The van der Waals surface area contributed by atoms with Crippen molar-refractivity contribution in [1.82, 2.24) is 10.3 Å². The molecule has 2 aliphatic rings. The summed E-state index contributed by atoms with van der Waals surface area (Å²) in [5.41, 5.74) is 1.24. The van der Waals surface area contributed by atoms with Crippen LogP contribution in [-0.4, -0.2) is 19.1 Å². The number of aromatic nitrogens is 1. The van der Waals surface area contributed by atoms with Crippen molar-refractivity contribution in [3.05, 3.63) is 15.6 Å². The van der Waals surface area contributed by atoms with E-state index in [0.717, 1.165) is 31.2 Å². The Balaban J connectivity index is 1.92. The number of nitrogens with one attached hydrogen (secondary N) is 1. The third-order valence-electron chi connectivity index (χ3n) is 4.77. The molecule has 1 heterocycles. The first-order valence-electron chi connectivity index (χ1n) is 7.88. The molecule has 2 fully saturated rings. The lowest BCUT2D eigenvalue weighted by molar-refractivity contribution is -0.0581. The largest absolute Gasteiger partial charge is 0.371 e. The monoisotopic (exact) mass is 294 g/mol. The summed E-state index contributed by atoms with van der Waals surface area (Å²) in [6.45, 7) is 3.29. The molecule has 0 aromatic carbocycles. The van der Waals surface area contributed by atoms with E-state index in [1.54, 1.807) is 0 Å². The second-order valence-electron chi connectivity index (χ2n) is 6.53. The van der Waals surface area contributed by atoms with Gasteiger partial charge < -0.3 is 10.1 Å². The van der Waals surface area contributed by atoms with Crippen LogP contribution >= 0.6 is 11.3 Å². The lowest BCUT2D eigenvalue weighted by Gasteiger charge is -2.37. The van der Waals surface area contributed by atoms with E-state index < -0.39 is 0 Å². The van der Waals surface area contributed by atoms with E-state index in [4.69, 9.17) is 9.72 Å². The highest BCUT2D eigenvalue weighted by atomic mass is 32.1. The minimum atomic E-state index is -0.113. The van der Waals surface area contributed by atoms with Crippen molar-refractivity contribution >= 4 is 11.3 Å². The van der Waals surface area contributed by atoms with E-state index >= 15 is 0 Å². The highest BCUT2D eigenvalue weighted by molar-refractivity contribution is 7.11. The molecule has 0 saturated heterocycles. The van der Waals surface area contributed by atoms with Crippen LogP contribution in [0.2, 0.25) is 0 Å². The zero-order valence-corrected chi connectivity index (χ0v) is 13.7. The van der Waals surface area contributed by atoms with E-state index in [1.165, 1.54) is 41.3 Å². The Kier molecular flexibility index (Phi) is 4.16. The molecule has 1 aromatic rings. The van der Waals surface area contributed by atoms with Crippen molar-refractivity contribution in [2.24, 2.45) is 5.92 Å². The van der Waals surface area contributed by atoms with Gasteiger partial charge in [0.1, 0.15) is 10.6 Å². The Morgan fingerprint density at radius 1 is 1.40 bits per heavy atom. The molecule has 0 spiro atoms. The molecule has 3 nitrogen and oxygen atoms in total. The van der Waals surface area contributed by atoms with Crippen LogP contribution in [0.25, 0.3) is 0 Å². The summed E-state index contributed by atoms with van der Waals surface area (Å²) in [6, 6.07) is 0. The van der Waals surface area contributed by atoms with Gasteiger partial charge in [0.05, 0.1) is 5.69 Å². The lowest BCUT2D eigenvalue weighted by Crippen LogP contribution is -2.34. The molecule has 3 rings (SSSR count). The van der Waals surface area contributed by atoms with E-state index in [1.807, 2.05) is 25.5 Å². The SMILES string of the molecule is CNCc1sc(C2(OC)CCCC(C)C2)nc1C1CC1. The van der Waals surface area contributed by atoms with Crippen molar-refractivity contribution in [2.75, 3.05) is 14.2 Å². The molecule has 20 heavy (non-hydrogen) atoms. The molecule has 1 N–H and O–H groups in total. The maximum Gasteiger partial charge on any atom is 0.125 e. The molecule has 2 atom stereocenters. The minimum Gasteiger partial charge on any atom is -0.371 e. The highest BCUT2D eigenvalue weighted by Crippen LogP contribution is 2.48. The number of methoxy groups -OCH3 is 1. The molecule has 0 aliphatic heterocycles. The minimum absolute atomic E-state index is 0.113. The summed E-state index contributed by atoms with van der Waals surface area (Å²) in [4.78, 5) is 6.48. The van der Waals surface area contributed by atoms with Gasteiger partial charge in [0, 0.05) is 24.4 Å². The fraction of sp³-hybridized carbons (Fsp3) is 0.812. The predicted molar refractivity (Wildman–Crippen MR) is 83.2 cm³/mol. The summed E-state index contributed by atoms with van der Waals surface area (Å²) in [6.07, 6.45) is 7.47. The van der Waals surface area contributed by atoms with Crippen molar-refractivity contribution in [2.45, 2.75) is 63.5 Å². The van der Waals surface area contributed by atoms with E-state index in [-0.39, 0.29) is 5.60 Å². The average Bonchev–Trinajstić information content (AvgIpc) is 3.20. The van der Waals surface area contributed by atoms with Gasteiger partial charge in [-0.2, -0.15) is 0 Å². The third-order valence-corrected chi connectivity index (χ3v) is 6.02. The Labute approximate surface area is 126 Å². The van der Waals surface area contributed by atoms with Crippen LogP contribution in [0.5, 0.6) is 0 Å². The first kappa shape index (κ1) is 14.5. The summed E-state index contributed by atoms with van der Waals surface area (Å²) in [5, 5.41) is 4.53. The van der Waals surface area contributed by atoms with Gasteiger partial charge in [-0.25, -0.2) is 4.98 Å². The van der Waals surface area contributed by atoms with Crippen LogP contribution in [0.15, 0.2) is 0 Å². The molecule has 0 bridgehead atoms. The zero-order valence-electron chi connectivity index (χ0n) is 12.9. The van der Waals surface area contributed by atoms with E-state index in [9.17, 15) is 0 Å². The maximum absolute atomic E-state index is 6.01. The molecular formula is C16H26N2OS. The van der Waals surface area contributed by atoms with Crippen molar-refractivity contribution < 1.29 is 4.74 Å². The normalized spacial score (nSPS) is 30.6. The van der Waals surface area contributed by atoms with Gasteiger partial charge in [-0.3, -0.25) is 0 Å². The Hall–Kier alpha value is -0.450. The molecule has 0 radical (unpaired) electrons. The molecular weight excluding hydrogens is 268 g/mol. The number of hydrogen-bond acceptors (Lipinski definition) is 4. The third kappa shape index (κ3) is 2.66. The summed E-state index contributed by atoms with van der Waals surface area (Å²) >= 11 is 1.89. The summed E-state index contributed by atoms with van der Waals surface area (Å²) in [7, 11) is 3.89. The van der Waals surface area contributed by atoms with Gasteiger partial charge in [0.15, 0.2) is 0 Å². The van der Waals surface area contributed by atoms with Gasteiger partial charge in [0.25, 0.3) is 0 Å². The van der Waals surface area contributed by atoms with Crippen LogP contribution in [0.4, 0.5) is 0 Å². The number of hydrogen-bond donors (Lipinski definition) is 1. The van der Waals surface area contributed by atoms with Crippen LogP contribution in [0, 0.1) is 5.92 Å². The molecule has 1 aromatic heterocycles. The maximum atomic E-state index is 6.01. The molecule has 112 valence electrons. The number of nitrogens with zero attached hydrogens (tertiary/aromatic N) is 1. The topological polar surface area (TPSA) is 34.1 Å². The van der Waals surface area contributed by atoms with Crippen LogP contribution in [0.3, 0.4) is 0 Å². The Bertz CT molecular complexity index is 469. The lowest BCUT2D eigenvalue weighted by atomic mass is 9.79. The van der Waals surface area contributed by atoms with E-state index in [2.05, 4.69) is 12.2 Å². The molecule has 2 aliphatic carbocycles. The van der Waals surface area contributed by atoms with Crippen molar-refractivity contribution in [3.63, 3.8) is 0 Å². The first-order chi connectivity index (χ1) is 9.68. The van der Waals surface area contributed by atoms with Crippen LogP contribution in [-0.2, 0) is 16.9 Å². The molecule has 0 amide bonds. The zero-order chi connectivity index (χ0) is 14.2. The predicted octanol–water partition coefficient (Wildman–Crippen LogP) is 3.79. The Morgan fingerprint density at radius 2 is 2.20 bits per heavy atom. The number of rotatable bonds is 5. The molecule has 2 unspecified atom stereocenters. The quantitative estimate of drug-likeness (QED) is 0.897. The summed E-state index contributed by atoms with van der Waals surface area (Å²) < 4.78 is 6.01. The van der Waals surface area contributed by atoms with Crippen molar-refractivity contribution in [3.8, 4) is 0 Å². The molecule has 4 heteroatoms. The fourth-order valence-electron chi connectivity index (χ4n) is 3.49. The standard InChI is InChI=1S/C16H26N2OS/c1-11-5-4-8-16(9-11,19-3)15-18-14(12-6-7-12)13(20-15)10-17-2/h11-12,17H,4-10H2,1-3H3. The molecule has 2 saturated carbocycles. The van der Waals surface area contributed by atoms with E-state index in [0.29, 0.717) is 0 Å². The average molecular weight is 294 g/mol. The first-order valence-corrected chi connectivity index (χ1v) is 8.70. The van der Waals surface area contributed by atoms with Crippen LogP contribution < -0.4 is 5.32 Å². The fourth-order valence-corrected chi connectivity index (χ4v) is 4.86. The number of ether oxygens (including phenoxy) is 1. The van der Waals surface area contributed by atoms with Gasteiger partial charge in [-0.15, -0.1) is 11.3 Å². The van der Waals surface area contributed by atoms with Gasteiger partial charge in [-0.05, 0) is 45.1 Å². The number of thiazole rings is 1. The Morgan fingerprint density at radius 3 is 2.80 bits per heavy atom.